The van der Waals surface area contributed by atoms with Gasteiger partial charge in [-0.25, -0.2) is 8.78 Å². The van der Waals surface area contributed by atoms with E-state index in [9.17, 15) is 8.78 Å². The van der Waals surface area contributed by atoms with E-state index in [1.807, 2.05) is 0 Å². The molecule has 98 valence electrons. The molecule has 0 saturated heterocycles. The fraction of sp³-hybridized carbons (Fsp3) is 0.143. The molecule has 0 saturated carbocycles. The zero-order chi connectivity index (χ0) is 13.4. The third-order valence-electron chi connectivity index (χ3n) is 3.00. The van der Waals surface area contributed by atoms with Crippen LogP contribution in [0.1, 0.15) is 11.7 Å². The van der Waals surface area contributed by atoms with Gasteiger partial charge >= 0.3 is 0 Å². The molecule has 1 atom stereocenters. The van der Waals surface area contributed by atoms with Gasteiger partial charge in [-0.15, -0.1) is 0 Å². The van der Waals surface area contributed by atoms with Crippen LogP contribution in [0.2, 0.25) is 5.02 Å². The van der Waals surface area contributed by atoms with E-state index < -0.39 is 17.7 Å². The van der Waals surface area contributed by atoms with Crippen LogP contribution in [0.4, 0.5) is 14.5 Å². The van der Waals surface area contributed by atoms with Gasteiger partial charge in [0.2, 0.25) is 0 Å². The van der Waals surface area contributed by atoms with Crippen LogP contribution < -0.4 is 10.1 Å². The molecule has 0 aliphatic carbocycles. The molecule has 0 spiro atoms. The van der Waals surface area contributed by atoms with E-state index in [1.54, 1.807) is 18.2 Å². The molecule has 0 amide bonds. The van der Waals surface area contributed by atoms with Crippen molar-refractivity contribution in [3.63, 3.8) is 0 Å². The van der Waals surface area contributed by atoms with E-state index in [-0.39, 0.29) is 5.56 Å². The number of anilines is 1. The van der Waals surface area contributed by atoms with Gasteiger partial charge in [0.15, 0.2) is 0 Å². The first-order valence-electron chi connectivity index (χ1n) is 5.78. The SMILES string of the molecule is Fc1ccc(F)c(C2CNc3ccc(Cl)cc3O2)c1. The molecule has 0 aromatic heterocycles. The van der Waals surface area contributed by atoms with Gasteiger partial charge in [0.05, 0.1) is 12.2 Å². The van der Waals surface area contributed by atoms with Gasteiger partial charge in [-0.1, -0.05) is 11.6 Å². The van der Waals surface area contributed by atoms with Gasteiger partial charge in [0.1, 0.15) is 23.5 Å². The molecule has 1 unspecified atom stereocenters. The predicted molar refractivity (Wildman–Crippen MR) is 69.7 cm³/mol. The second-order valence-corrected chi connectivity index (χ2v) is 4.73. The summed E-state index contributed by atoms with van der Waals surface area (Å²) < 4.78 is 32.6. The number of hydrogen-bond donors (Lipinski definition) is 1. The van der Waals surface area contributed by atoms with Crippen LogP contribution in [0.15, 0.2) is 36.4 Å². The van der Waals surface area contributed by atoms with E-state index in [2.05, 4.69) is 5.32 Å². The Kier molecular flexibility index (Phi) is 3.03. The van der Waals surface area contributed by atoms with Crippen LogP contribution in [-0.4, -0.2) is 6.54 Å². The van der Waals surface area contributed by atoms with E-state index in [0.29, 0.717) is 17.3 Å². The molecule has 0 bridgehead atoms. The summed E-state index contributed by atoms with van der Waals surface area (Å²) in [6.07, 6.45) is -0.582. The molecule has 3 rings (SSSR count). The predicted octanol–water partition coefficient (Wildman–Crippen LogP) is 4.16. The first kappa shape index (κ1) is 12.2. The minimum atomic E-state index is -0.582. The Morgan fingerprint density at radius 3 is 2.84 bits per heavy atom. The van der Waals surface area contributed by atoms with Crippen LogP contribution in [0.25, 0.3) is 0 Å². The van der Waals surface area contributed by atoms with Crippen molar-refractivity contribution >= 4 is 17.3 Å². The van der Waals surface area contributed by atoms with Gasteiger partial charge in [0, 0.05) is 16.7 Å². The molecule has 2 aromatic carbocycles. The number of fused-ring (bicyclic) bond motifs is 1. The van der Waals surface area contributed by atoms with Gasteiger partial charge < -0.3 is 10.1 Å². The van der Waals surface area contributed by atoms with Crippen LogP contribution >= 0.6 is 11.6 Å². The molecule has 1 aliphatic rings. The summed E-state index contributed by atoms with van der Waals surface area (Å²) in [4.78, 5) is 0. The summed E-state index contributed by atoms with van der Waals surface area (Å²) in [5.41, 5.74) is 0.982. The standard InChI is InChI=1S/C14H10ClF2NO/c15-8-1-4-12-13(5-8)19-14(7-18-12)10-6-9(16)2-3-11(10)17/h1-6,14,18H,7H2. The van der Waals surface area contributed by atoms with Crippen molar-refractivity contribution in [3.8, 4) is 5.75 Å². The third kappa shape index (κ3) is 2.36. The number of ether oxygens (including phenoxy) is 1. The minimum absolute atomic E-state index is 0.193. The minimum Gasteiger partial charge on any atom is -0.482 e. The fourth-order valence-electron chi connectivity index (χ4n) is 2.07. The molecular formula is C14H10ClF2NO. The number of rotatable bonds is 1. The Morgan fingerprint density at radius 1 is 1.16 bits per heavy atom. The monoisotopic (exact) mass is 281 g/mol. The molecule has 0 radical (unpaired) electrons. The first-order valence-corrected chi connectivity index (χ1v) is 6.16. The summed E-state index contributed by atoms with van der Waals surface area (Å²) in [7, 11) is 0. The number of benzene rings is 2. The van der Waals surface area contributed by atoms with Crippen molar-refractivity contribution in [1.29, 1.82) is 0 Å². The highest BCUT2D eigenvalue weighted by Crippen LogP contribution is 2.36. The van der Waals surface area contributed by atoms with Crippen LogP contribution in [0.3, 0.4) is 0 Å². The van der Waals surface area contributed by atoms with Crippen molar-refractivity contribution in [2.45, 2.75) is 6.10 Å². The maximum Gasteiger partial charge on any atom is 0.144 e. The van der Waals surface area contributed by atoms with E-state index in [0.717, 1.165) is 23.9 Å². The molecule has 2 aromatic rings. The second-order valence-electron chi connectivity index (χ2n) is 4.29. The Bertz CT molecular complexity index is 633. The Hall–Kier alpha value is -1.81. The maximum atomic E-state index is 13.7. The van der Waals surface area contributed by atoms with Crippen LogP contribution in [-0.2, 0) is 0 Å². The van der Waals surface area contributed by atoms with E-state index in [1.165, 1.54) is 0 Å². The lowest BCUT2D eigenvalue weighted by molar-refractivity contribution is 0.205. The molecule has 5 heteroatoms. The van der Waals surface area contributed by atoms with Gasteiger partial charge in [-0.3, -0.25) is 0 Å². The Labute approximate surface area is 114 Å². The molecule has 1 heterocycles. The number of halogens is 3. The highest BCUT2D eigenvalue weighted by molar-refractivity contribution is 6.30. The molecule has 1 N–H and O–H groups in total. The lowest BCUT2D eigenvalue weighted by atomic mass is 10.1. The second kappa shape index (κ2) is 4.70. The molecule has 19 heavy (non-hydrogen) atoms. The summed E-state index contributed by atoms with van der Waals surface area (Å²) in [5, 5.41) is 3.64. The lowest BCUT2D eigenvalue weighted by Gasteiger charge is -2.28. The zero-order valence-corrected chi connectivity index (χ0v) is 10.5. The Balaban J connectivity index is 1.95. The normalized spacial score (nSPS) is 17.3. The smallest absolute Gasteiger partial charge is 0.144 e. The Morgan fingerprint density at radius 2 is 2.00 bits per heavy atom. The average Bonchev–Trinajstić information content (AvgIpc) is 2.40. The summed E-state index contributed by atoms with van der Waals surface area (Å²) in [5.74, 6) is -0.442. The highest BCUT2D eigenvalue weighted by Gasteiger charge is 2.24. The van der Waals surface area contributed by atoms with Gasteiger partial charge in [0.25, 0.3) is 0 Å². The summed E-state index contributed by atoms with van der Waals surface area (Å²) in [6, 6.07) is 8.50. The van der Waals surface area contributed by atoms with Crippen molar-refractivity contribution in [2.75, 3.05) is 11.9 Å². The maximum absolute atomic E-state index is 13.7. The zero-order valence-electron chi connectivity index (χ0n) is 9.79. The molecular weight excluding hydrogens is 272 g/mol. The largest absolute Gasteiger partial charge is 0.482 e. The highest BCUT2D eigenvalue weighted by atomic mass is 35.5. The van der Waals surface area contributed by atoms with Crippen molar-refractivity contribution in [3.05, 3.63) is 58.6 Å². The summed E-state index contributed by atoms with van der Waals surface area (Å²) in [6.45, 7) is 0.370. The third-order valence-corrected chi connectivity index (χ3v) is 3.23. The summed E-state index contributed by atoms with van der Waals surface area (Å²) >= 11 is 5.89. The molecule has 1 aliphatic heterocycles. The van der Waals surface area contributed by atoms with E-state index in [4.69, 9.17) is 16.3 Å². The van der Waals surface area contributed by atoms with Gasteiger partial charge in [-0.2, -0.15) is 0 Å². The van der Waals surface area contributed by atoms with Crippen molar-refractivity contribution in [2.24, 2.45) is 0 Å². The average molecular weight is 282 g/mol. The molecule has 2 nitrogen and oxygen atoms in total. The van der Waals surface area contributed by atoms with Crippen LogP contribution in [0, 0.1) is 11.6 Å². The lowest BCUT2D eigenvalue weighted by Crippen LogP contribution is -2.24. The molecule has 0 fully saturated rings. The van der Waals surface area contributed by atoms with Crippen LogP contribution in [0.5, 0.6) is 5.75 Å². The van der Waals surface area contributed by atoms with Crippen molar-refractivity contribution < 1.29 is 13.5 Å². The van der Waals surface area contributed by atoms with Gasteiger partial charge in [-0.05, 0) is 30.3 Å². The number of hydrogen-bond acceptors (Lipinski definition) is 2. The van der Waals surface area contributed by atoms with E-state index >= 15 is 0 Å². The van der Waals surface area contributed by atoms with Crippen molar-refractivity contribution in [1.82, 2.24) is 0 Å². The number of nitrogens with one attached hydrogen (secondary N) is 1. The quantitative estimate of drug-likeness (QED) is 0.847. The fourth-order valence-corrected chi connectivity index (χ4v) is 2.23. The topological polar surface area (TPSA) is 21.3 Å². The first-order chi connectivity index (χ1) is 9.13.